The normalized spacial score (nSPS) is 15.9. The fourth-order valence-electron chi connectivity index (χ4n) is 3.92. The van der Waals surface area contributed by atoms with Crippen LogP contribution in [0.4, 0.5) is 5.13 Å². The molecule has 3 heterocycles. The van der Waals surface area contributed by atoms with Gasteiger partial charge in [0, 0.05) is 11.9 Å². The lowest BCUT2D eigenvalue weighted by Gasteiger charge is -2.37. The second-order valence-electron chi connectivity index (χ2n) is 8.20. The number of amides is 2. The van der Waals surface area contributed by atoms with Crippen LogP contribution in [-0.2, 0) is 11.2 Å². The first kappa shape index (κ1) is 22.6. The lowest BCUT2D eigenvalue weighted by molar-refractivity contribution is -0.120. The quantitative estimate of drug-likeness (QED) is 0.507. The molecule has 2 aromatic heterocycles. The number of likely N-dealkylation sites (tertiary alicyclic amines) is 1. The van der Waals surface area contributed by atoms with Crippen molar-refractivity contribution in [1.29, 1.82) is 0 Å². The van der Waals surface area contributed by atoms with Gasteiger partial charge in [0.2, 0.25) is 5.91 Å². The molecule has 2 amide bonds. The highest BCUT2D eigenvalue weighted by Gasteiger charge is 2.25. The average molecular weight is 469 g/mol. The van der Waals surface area contributed by atoms with Gasteiger partial charge in [-0.15, -0.1) is 22.7 Å². The van der Waals surface area contributed by atoms with Gasteiger partial charge in [0.25, 0.3) is 5.91 Å². The predicted molar refractivity (Wildman–Crippen MR) is 130 cm³/mol. The van der Waals surface area contributed by atoms with Crippen molar-refractivity contribution in [2.75, 3.05) is 25.0 Å². The molecule has 1 saturated heterocycles. The molecular formula is C24H28N4O2S2. The topological polar surface area (TPSA) is 74.3 Å². The Bertz CT molecular complexity index is 1010. The number of aromatic nitrogens is 1. The molecule has 1 aromatic carbocycles. The van der Waals surface area contributed by atoms with Crippen LogP contribution in [0.25, 0.3) is 0 Å². The molecule has 6 nitrogen and oxygen atoms in total. The van der Waals surface area contributed by atoms with Crippen molar-refractivity contribution in [3.63, 3.8) is 0 Å². The molecule has 3 aromatic rings. The molecule has 1 aliphatic heterocycles. The number of nitrogens with zero attached hydrogens (tertiary/aromatic N) is 2. The summed E-state index contributed by atoms with van der Waals surface area (Å²) in [6.45, 7) is 4.98. The predicted octanol–water partition coefficient (Wildman–Crippen LogP) is 4.59. The third-order valence-corrected chi connectivity index (χ3v) is 7.47. The van der Waals surface area contributed by atoms with Gasteiger partial charge in [0.1, 0.15) is 0 Å². The lowest BCUT2D eigenvalue weighted by Crippen LogP contribution is -2.42. The second-order valence-corrected chi connectivity index (χ2v) is 10.0. The number of thiazole rings is 1. The zero-order valence-electron chi connectivity index (χ0n) is 18.1. The number of piperidine rings is 1. The Kier molecular flexibility index (Phi) is 7.68. The van der Waals surface area contributed by atoms with Gasteiger partial charge in [0.05, 0.1) is 23.0 Å². The smallest absolute Gasteiger partial charge is 0.267 e. The molecule has 4 rings (SSSR count). The van der Waals surface area contributed by atoms with Gasteiger partial charge in [-0.2, -0.15) is 0 Å². The number of thiophene rings is 1. The number of carbonyl (C=O) groups is 2. The van der Waals surface area contributed by atoms with Gasteiger partial charge in [-0.05, 0) is 48.9 Å². The third kappa shape index (κ3) is 6.03. The molecule has 1 aliphatic rings. The summed E-state index contributed by atoms with van der Waals surface area (Å²) in [6, 6.07) is 14.2. The maximum atomic E-state index is 12.7. The van der Waals surface area contributed by atoms with Crippen molar-refractivity contribution in [2.45, 2.75) is 32.2 Å². The van der Waals surface area contributed by atoms with Gasteiger partial charge in [-0.1, -0.05) is 43.3 Å². The Morgan fingerprint density at radius 3 is 2.62 bits per heavy atom. The SMILES string of the molecule is CC1CCN(C(CNC(=O)Cc2csc(NC(=O)c3cccs3)n2)c2ccccc2)CC1. The van der Waals surface area contributed by atoms with E-state index in [4.69, 9.17) is 0 Å². The summed E-state index contributed by atoms with van der Waals surface area (Å²) in [4.78, 5) is 32.3. The highest BCUT2D eigenvalue weighted by atomic mass is 32.1. The minimum atomic E-state index is -0.174. The van der Waals surface area contributed by atoms with Crippen LogP contribution in [-0.4, -0.2) is 41.3 Å². The van der Waals surface area contributed by atoms with E-state index in [2.05, 4.69) is 51.7 Å². The maximum Gasteiger partial charge on any atom is 0.267 e. The van der Waals surface area contributed by atoms with E-state index in [1.165, 1.54) is 41.1 Å². The first-order chi connectivity index (χ1) is 15.6. The van der Waals surface area contributed by atoms with E-state index in [0.29, 0.717) is 22.2 Å². The average Bonchev–Trinajstić information content (AvgIpc) is 3.48. The minimum Gasteiger partial charge on any atom is -0.354 e. The van der Waals surface area contributed by atoms with E-state index in [9.17, 15) is 9.59 Å². The molecule has 0 aliphatic carbocycles. The molecule has 2 N–H and O–H groups in total. The van der Waals surface area contributed by atoms with Crippen molar-refractivity contribution in [2.24, 2.45) is 5.92 Å². The first-order valence-electron chi connectivity index (χ1n) is 10.9. The van der Waals surface area contributed by atoms with Crippen LogP contribution in [0.2, 0.25) is 0 Å². The molecule has 1 fully saturated rings. The summed E-state index contributed by atoms with van der Waals surface area (Å²) in [6.07, 6.45) is 2.58. The number of anilines is 1. The number of rotatable bonds is 8. The van der Waals surface area contributed by atoms with E-state index in [0.717, 1.165) is 19.0 Å². The van der Waals surface area contributed by atoms with Crippen LogP contribution in [0.5, 0.6) is 0 Å². The molecule has 0 radical (unpaired) electrons. The molecule has 0 saturated carbocycles. The third-order valence-electron chi connectivity index (χ3n) is 5.79. The number of benzene rings is 1. The molecule has 32 heavy (non-hydrogen) atoms. The van der Waals surface area contributed by atoms with Gasteiger partial charge < -0.3 is 5.32 Å². The minimum absolute atomic E-state index is 0.0576. The number of nitrogens with one attached hydrogen (secondary N) is 2. The zero-order chi connectivity index (χ0) is 22.3. The molecule has 0 bridgehead atoms. The summed E-state index contributed by atoms with van der Waals surface area (Å²) < 4.78 is 0. The number of hydrogen-bond acceptors (Lipinski definition) is 6. The Morgan fingerprint density at radius 1 is 1.12 bits per heavy atom. The lowest BCUT2D eigenvalue weighted by atomic mass is 9.95. The molecule has 1 unspecified atom stereocenters. The van der Waals surface area contributed by atoms with E-state index in [1.807, 2.05) is 22.9 Å². The van der Waals surface area contributed by atoms with Crippen molar-refractivity contribution >= 4 is 39.6 Å². The molecule has 168 valence electrons. The van der Waals surface area contributed by atoms with E-state index >= 15 is 0 Å². The summed E-state index contributed by atoms with van der Waals surface area (Å²) in [5.74, 6) is 0.529. The summed E-state index contributed by atoms with van der Waals surface area (Å²) in [7, 11) is 0. The Labute approximate surface area is 196 Å². The van der Waals surface area contributed by atoms with Crippen molar-refractivity contribution in [1.82, 2.24) is 15.2 Å². The summed E-state index contributed by atoms with van der Waals surface area (Å²) >= 11 is 2.72. The largest absolute Gasteiger partial charge is 0.354 e. The number of carbonyl (C=O) groups excluding carboxylic acids is 2. The summed E-state index contributed by atoms with van der Waals surface area (Å²) in [5, 5.41) is 10.1. The molecule has 0 spiro atoms. The standard InChI is InChI=1S/C24H28N4O2S2/c1-17-9-11-28(12-10-17)20(18-6-3-2-4-7-18)15-25-22(29)14-19-16-32-24(26-19)27-23(30)21-8-5-13-31-21/h2-8,13,16-17,20H,9-12,14-15H2,1H3,(H,25,29)(H,26,27,30). The maximum absolute atomic E-state index is 12.7. The first-order valence-corrected chi connectivity index (χ1v) is 12.7. The molecule has 8 heteroatoms. The Morgan fingerprint density at radius 2 is 1.91 bits per heavy atom. The van der Waals surface area contributed by atoms with Crippen LogP contribution in [0.15, 0.2) is 53.2 Å². The van der Waals surface area contributed by atoms with Gasteiger partial charge >= 0.3 is 0 Å². The van der Waals surface area contributed by atoms with Gasteiger partial charge in [-0.3, -0.25) is 19.8 Å². The highest BCUT2D eigenvalue weighted by Crippen LogP contribution is 2.26. The Balaban J connectivity index is 1.32. The second kappa shape index (κ2) is 10.8. The van der Waals surface area contributed by atoms with E-state index in [1.54, 1.807) is 6.07 Å². The van der Waals surface area contributed by atoms with E-state index < -0.39 is 0 Å². The number of hydrogen-bond donors (Lipinski definition) is 2. The van der Waals surface area contributed by atoms with Crippen LogP contribution in [0.1, 0.15) is 46.7 Å². The van der Waals surface area contributed by atoms with Crippen molar-refractivity contribution in [3.05, 3.63) is 69.4 Å². The van der Waals surface area contributed by atoms with Crippen LogP contribution >= 0.6 is 22.7 Å². The molecular weight excluding hydrogens is 440 g/mol. The van der Waals surface area contributed by atoms with Crippen LogP contribution in [0, 0.1) is 5.92 Å². The zero-order valence-corrected chi connectivity index (χ0v) is 19.8. The summed E-state index contributed by atoms with van der Waals surface area (Å²) in [5.41, 5.74) is 1.90. The monoisotopic (exact) mass is 468 g/mol. The van der Waals surface area contributed by atoms with E-state index in [-0.39, 0.29) is 24.3 Å². The van der Waals surface area contributed by atoms with Gasteiger partial charge in [-0.25, -0.2) is 4.98 Å². The highest BCUT2D eigenvalue weighted by molar-refractivity contribution is 7.14. The molecule has 1 atom stereocenters. The Hall–Kier alpha value is -2.55. The fraction of sp³-hybridized carbons (Fsp3) is 0.375. The van der Waals surface area contributed by atoms with Crippen LogP contribution < -0.4 is 10.6 Å². The fourth-order valence-corrected chi connectivity index (χ4v) is 5.25. The van der Waals surface area contributed by atoms with Crippen molar-refractivity contribution < 1.29 is 9.59 Å². The van der Waals surface area contributed by atoms with Crippen LogP contribution in [0.3, 0.4) is 0 Å². The van der Waals surface area contributed by atoms with Gasteiger partial charge in [0.15, 0.2) is 5.13 Å². The van der Waals surface area contributed by atoms with Crippen molar-refractivity contribution in [3.8, 4) is 0 Å².